The van der Waals surface area contributed by atoms with Gasteiger partial charge in [0, 0.05) is 24.3 Å². The first-order valence-corrected chi connectivity index (χ1v) is 22.1. The first kappa shape index (κ1) is 45.1. The smallest absolute Gasteiger partial charge is 0.306 e. The van der Waals surface area contributed by atoms with Gasteiger partial charge in [0.25, 0.3) is 5.91 Å². The summed E-state index contributed by atoms with van der Waals surface area (Å²) in [5.41, 5.74) is 4.56. The van der Waals surface area contributed by atoms with E-state index in [4.69, 9.17) is 24.7 Å². The number of carbonyl (C=O) groups is 4. The number of hydrogen-bond acceptors (Lipinski definition) is 11. The van der Waals surface area contributed by atoms with Crippen molar-refractivity contribution in [2.24, 2.45) is 45.7 Å². The van der Waals surface area contributed by atoms with Crippen LogP contribution in [0.3, 0.4) is 0 Å². The number of aliphatic hydroxyl groups excluding tert-OH is 1. The molecule has 7 N–H and O–H groups in total. The maximum Gasteiger partial charge on any atom is 0.306 e. The molecule has 1 aromatic carbocycles. The van der Waals surface area contributed by atoms with Crippen LogP contribution in [-0.4, -0.2) is 96.9 Å². The molecule has 0 saturated heterocycles. The lowest BCUT2D eigenvalue weighted by Gasteiger charge is -2.61. The molecule has 0 radical (unpaired) electrons. The van der Waals surface area contributed by atoms with E-state index in [1.165, 1.54) is 44.9 Å². The summed E-state index contributed by atoms with van der Waals surface area (Å²) >= 11 is 0. The predicted molar refractivity (Wildman–Crippen MR) is 219 cm³/mol. The number of carbonyl (C=O) groups excluding carboxylic acids is 4. The Kier molecular flexibility index (Phi) is 14.3. The molecule has 10 unspecified atom stereocenters. The van der Waals surface area contributed by atoms with Gasteiger partial charge in [0.1, 0.15) is 24.0 Å². The number of hydrogen-bond donors (Lipinski definition) is 6. The molecular formula is C45H69N3O11. The van der Waals surface area contributed by atoms with Gasteiger partial charge in [0.2, 0.25) is 11.8 Å². The molecule has 14 heteroatoms. The van der Waals surface area contributed by atoms with Gasteiger partial charge in [-0.1, -0.05) is 39.5 Å². The maximum absolute atomic E-state index is 13.4. The van der Waals surface area contributed by atoms with Gasteiger partial charge in [0.15, 0.2) is 5.75 Å². The van der Waals surface area contributed by atoms with Crippen LogP contribution in [0.25, 0.3) is 0 Å². The molecule has 6 rings (SSSR count). The number of nitrogens with two attached hydrogens (primary N) is 1. The van der Waals surface area contributed by atoms with E-state index in [-0.39, 0.29) is 103 Å². The normalized spacial score (nSPS) is 32.6. The third-order valence-electron chi connectivity index (χ3n) is 15.6. The van der Waals surface area contributed by atoms with Gasteiger partial charge in [-0.25, -0.2) is 0 Å². The van der Waals surface area contributed by atoms with E-state index >= 15 is 0 Å². The largest absolute Gasteiger partial charge is 0.505 e. The number of ether oxygens (including phenoxy) is 4. The molecule has 5 aliphatic carbocycles. The number of benzene rings is 1. The zero-order valence-electron chi connectivity index (χ0n) is 35.7. The minimum Gasteiger partial charge on any atom is -0.505 e. The van der Waals surface area contributed by atoms with E-state index in [1.807, 2.05) is 0 Å². The number of anilines is 1. The van der Waals surface area contributed by atoms with Crippen molar-refractivity contribution in [3.05, 3.63) is 17.7 Å². The van der Waals surface area contributed by atoms with Crippen LogP contribution in [0.5, 0.6) is 11.5 Å². The SMILES string of the molecule is CCCCCCC(C)(O)C12CCC3C4CC(OC(=O)CCC(=O)NCCOCCOCC(=O)Nc5ccc(OC)c(C(N)=O)c5O)C5CC(O)CCC5(C)C4CCC31C2. The van der Waals surface area contributed by atoms with Crippen LogP contribution in [0.2, 0.25) is 0 Å². The van der Waals surface area contributed by atoms with Crippen molar-refractivity contribution in [3.8, 4) is 11.5 Å². The second kappa shape index (κ2) is 18.7. The van der Waals surface area contributed by atoms with Crippen LogP contribution >= 0.6 is 0 Å². The minimum atomic E-state index is -0.907. The van der Waals surface area contributed by atoms with Crippen LogP contribution in [-0.2, 0) is 28.6 Å². The highest BCUT2D eigenvalue weighted by molar-refractivity contribution is 6.02. The first-order chi connectivity index (χ1) is 28.1. The lowest BCUT2D eigenvalue weighted by Crippen LogP contribution is -2.58. The van der Waals surface area contributed by atoms with Crippen LogP contribution < -0.4 is 21.1 Å². The Morgan fingerprint density at radius 2 is 1.69 bits per heavy atom. The number of amides is 3. The van der Waals surface area contributed by atoms with Crippen LogP contribution in [0.1, 0.15) is 134 Å². The average Bonchev–Trinajstić information content (AvgIpc) is 3.73. The molecule has 5 saturated carbocycles. The van der Waals surface area contributed by atoms with Gasteiger partial charge in [-0.15, -0.1) is 0 Å². The zero-order valence-corrected chi connectivity index (χ0v) is 35.7. The topological polar surface area (TPSA) is 216 Å². The Morgan fingerprint density at radius 1 is 0.932 bits per heavy atom. The Labute approximate surface area is 349 Å². The number of unbranched alkanes of at least 4 members (excludes halogenated alkanes) is 3. The standard InChI is InChI=1S/C45H69N3O11/c1-5-6-7-8-16-43(3,55)45-19-15-31-29-25-35(32-24-28(49)13-17-42(32,2)30(29)14-18-44(31,45)27-45)59-38(52)12-11-36(50)47-20-21-57-22-23-58-26-37(51)48-33-9-10-34(56-4)39(40(33)53)41(46)54/h9-10,28-32,35,49,53,55H,5-8,11-27H2,1-4H3,(H2,46,54)(H,47,50)(H,48,51). The van der Waals surface area contributed by atoms with E-state index in [0.717, 1.165) is 57.8 Å². The fraction of sp³-hybridized carbons (Fsp3) is 0.778. The summed E-state index contributed by atoms with van der Waals surface area (Å²) in [7, 11) is 1.32. The van der Waals surface area contributed by atoms with Gasteiger partial charge in [-0.05, 0) is 112 Å². The molecule has 0 bridgehead atoms. The zero-order chi connectivity index (χ0) is 42.6. The molecule has 0 aromatic heterocycles. The summed E-state index contributed by atoms with van der Waals surface area (Å²) in [5.74, 6) is -1.01. The number of methoxy groups -OCH3 is 1. The minimum absolute atomic E-state index is 0.00517. The Balaban J connectivity index is 0.917. The van der Waals surface area contributed by atoms with Crippen molar-refractivity contribution in [3.63, 3.8) is 0 Å². The molecule has 1 spiro atoms. The number of aromatic hydroxyl groups is 1. The molecule has 5 aliphatic rings. The number of aliphatic hydroxyl groups is 2. The number of primary amides is 1. The molecule has 5 fully saturated rings. The van der Waals surface area contributed by atoms with Crippen molar-refractivity contribution < 1.29 is 53.4 Å². The average molecular weight is 828 g/mol. The summed E-state index contributed by atoms with van der Waals surface area (Å²) in [4.78, 5) is 50.0. The van der Waals surface area contributed by atoms with Gasteiger partial charge in [0.05, 0.1) is 50.7 Å². The molecule has 10 atom stereocenters. The van der Waals surface area contributed by atoms with Crippen LogP contribution in [0.15, 0.2) is 12.1 Å². The van der Waals surface area contributed by atoms with E-state index in [2.05, 4.69) is 31.4 Å². The molecular weight excluding hydrogens is 759 g/mol. The highest BCUT2D eigenvalue weighted by Crippen LogP contribution is 2.86. The Morgan fingerprint density at radius 3 is 2.44 bits per heavy atom. The van der Waals surface area contributed by atoms with Gasteiger partial charge in [-0.2, -0.15) is 0 Å². The van der Waals surface area contributed by atoms with Crippen molar-refractivity contribution >= 4 is 29.4 Å². The molecule has 59 heavy (non-hydrogen) atoms. The van der Waals surface area contributed by atoms with Crippen LogP contribution in [0, 0.1) is 39.9 Å². The third kappa shape index (κ3) is 9.11. The van der Waals surface area contributed by atoms with Crippen molar-refractivity contribution in [2.45, 2.75) is 141 Å². The van der Waals surface area contributed by atoms with Gasteiger partial charge < -0.3 is 50.6 Å². The number of phenols is 1. The number of fused-ring (bicyclic) bond motifs is 4. The monoisotopic (exact) mass is 827 g/mol. The summed E-state index contributed by atoms with van der Waals surface area (Å²) in [6.07, 6.45) is 13.6. The second-order valence-corrected chi connectivity index (χ2v) is 18.7. The molecule has 0 aliphatic heterocycles. The van der Waals surface area contributed by atoms with Crippen molar-refractivity contribution in [1.29, 1.82) is 0 Å². The van der Waals surface area contributed by atoms with Gasteiger partial charge >= 0.3 is 5.97 Å². The first-order valence-electron chi connectivity index (χ1n) is 22.1. The van der Waals surface area contributed by atoms with Crippen molar-refractivity contribution in [1.82, 2.24) is 5.32 Å². The summed E-state index contributed by atoms with van der Waals surface area (Å²) < 4.78 is 22.2. The Hall–Kier alpha value is -3.46. The molecule has 14 nitrogen and oxygen atoms in total. The third-order valence-corrected chi connectivity index (χ3v) is 15.6. The fourth-order valence-corrected chi connectivity index (χ4v) is 12.7. The molecule has 0 heterocycles. The lowest BCUT2D eigenvalue weighted by atomic mass is 9.45. The summed E-state index contributed by atoms with van der Waals surface area (Å²) in [6, 6.07) is 2.78. The Bertz CT molecular complexity index is 1690. The van der Waals surface area contributed by atoms with Crippen LogP contribution in [0.4, 0.5) is 5.69 Å². The number of rotatable bonds is 21. The highest BCUT2D eigenvalue weighted by atomic mass is 16.5. The lowest BCUT2D eigenvalue weighted by molar-refractivity contribution is -0.190. The molecule has 330 valence electrons. The predicted octanol–water partition coefficient (Wildman–Crippen LogP) is 5.38. The van der Waals surface area contributed by atoms with E-state index in [1.54, 1.807) is 0 Å². The molecule has 3 amide bonds. The van der Waals surface area contributed by atoms with E-state index in [0.29, 0.717) is 24.2 Å². The molecule has 1 aromatic rings. The summed E-state index contributed by atoms with van der Waals surface area (Å²) in [6.45, 7) is 7.07. The van der Waals surface area contributed by atoms with Gasteiger partial charge in [-0.3, -0.25) is 19.2 Å². The fourth-order valence-electron chi connectivity index (χ4n) is 12.7. The summed E-state index contributed by atoms with van der Waals surface area (Å²) in [5, 5.41) is 38.4. The van der Waals surface area contributed by atoms with E-state index in [9.17, 15) is 34.5 Å². The highest BCUT2D eigenvalue weighted by Gasteiger charge is 2.81. The maximum atomic E-state index is 13.4. The quantitative estimate of drug-likeness (QED) is 0.0525. The number of esters is 1. The van der Waals surface area contributed by atoms with Crippen molar-refractivity contribution in [2.75, 3.05) is 45.4 Å². The number of nitrogens with one attached hydrogen (secondary N) is 2. The second-order valence-electron chi connectivity index (χ2n) is 18.7. The van der Waals surface area contributed by atoms with E-state index < -0.39 is 29.3 Å².